The van der Waals surface area contributed by atoms with Crippen molar-refractivity contribution < 1.29 is 46.1 Å². The third-order valence-electron chi connectivity index (χ3n) is 5.86. The summed E-state index contributed by atoms with van der Waals surface area (Å²) in [6, 6.07) is 13.5. The van der Waals surface area contributed by atoms with Crippen molar-refractivity contribution in [1.29, 1.82) is 0 Å². The third-order valence-corrected chi connectivity index (χ3v) is 5.86. The Bertz CT molecular complexity index is 1470. The molecule has 0 radical (unpaired) electrons. The lowest BCUT2D eigenvalue weighted by atomic mass is 9.96. The number of rotatable bonds is 12. The highest BCUT2D eigenvalue weighted by atomic mass is 19.4. The minimum atomic E-state index is -4.86. The van der Waals surface area contributed by atoms with Crippen LogP contribution in [-0.2, 0) is 33.5 Å². The van der Waals surface area contributed by atoms with Crippen molar-refractivity contribution in [2.75, 3.05) is 13.2 Å². The van der Waals surface area contributed by atoms with Crippen molar-refractivity contribution in [3.05, 3.63) is 108 Å². The number of halogens is 4. The lowest BCUT2D eigenvalue weighted by Crippen LogP contribution is -2.26. The van der Waals surface area contributed by atoms with Crippen LogP contribution in [-0.4, -0.2) is 30.8 Å². The highest BCUT2D eigenvalue weighted by Crippen LogP contribution is 2.41. The maximum atomic E-state index is 15.9. The molecule has 0 fully saturated rings. The minimum Gasteiger partial charge on any atom is -0.488 e. The van der Waals surface area contributed by atoms with Gasteiger partial charge < -0.3 is 18.9 Å². The largest absolute Gasteiger partial charge is 0.488 e. The average Bonchev–Trinajstić information content (AvgIpc) is 2.94. The molecular formula is C33H32F4O6. The highest BCUT2D eigenvalue weighted by Gasteiger charge is 2.38. The average molecular weight is 601 g/mol. The first-order chi connectivity index (χ1) is 20.3. The Kier molecular flexibility index (Phi) is 10.7. The van der Waals surface area contributed by atoms with Gasteiger partial charge in [-0.15, -0.1) is 0 Å². The van der Waals surface area contributed by atoms with Gasteiger partial charge >= 0.3 is 18.1 Å². The van der Waals surface area contributed by atoms with Crippen LogP contribution in [0.5, 0.6) is 11.5 Å². The van der Waals surface area contributed by atoms with E-state index in [4.69, 9.17) is 18.9 Å². The van der Waals surface area contributed by atoms with E-state index >= 15 is 4.39 Å². The number of benzene rings is 3. The zero-order chi connectivity index (χ0) is 31.8. The smallest absolute Gasteiger partial charge is 0.419 e. The van der Waals surface area contributed by atoms with Gasteiger partial charge in [0.1, 0.15) is 36.7 Å². The molecule has 0 saturated carbocycles. The van der Waals surface area contributed by atoms with Gasteiger partial charge in [-0.25, -0.2) is 9.18 Å². The number of ether oxygens (including phenoxy) is 4. The van der Waals surface area contributed by atoms with Crippen LogP contribution in [0.25, 0.3) is 11.1 Å². The molecule has 0 spiro atoms. The summed E-state index contributed by atoms with van der Waals surface area (Å²) in [5.41, 5.74) is -1.75. The predicted molar refractivity (Wildman–Crippen MR) is 153 cm³/mol. The van der Waals surface area contributed by atoms with E-state index in [2.05, 4.69) is 13.2 Å². The molecule has 0 atom stereocenters. The monoisotopic (exact) mass is 600 g/mol. The second-order valence-electron chi connectivity index (χ2n) is 10.3. The van der Waals surface area contributed by atoms with Crippen LogP contribution in [0.1, 0.15) is 47.8 Å². The summed E-state index contributed by atoms with van der Waals surface area (Å²) in [5.74, 6) is -3.71. The van der Waals surface area contributed by atoms with Crippen LogP contribution in [0.15, 0.2) is 79.9 Å². The molecule has 0 aliphatic rings. The van der Waals surface area contributed by atoms with Gasteiger partial charge in [0.25, 0.3) is 0 Å². The van der Waals surface area contributed by atoms with Crippen LogP contribution in [0.3, 0.4) is 0 Å². The van der Waals surface area contributed by atoms with Gasteiger partial charge in [-0.1, -0.05) is 67.8 Å². The van der Waals surface area contributed by atoms with Crippen molar-refractivity contribution in [1.82, 2.24) is 0 Å². The molecule has 0 bridgehead atoms. The maximum Gasteiger partial charge on any atom is 0.419 e. The van der Waals surface area contributed by atoms with Crippen LogP contribution < -0.4 is 9.47 Å². The number of alkyl halides is 3. The summed E-state index contributed by atoms with van der Waals surface area (Å²) < 4.78 is 79.1. The molecular weight excluding hydrogens is 568 g/mol. The minimum absolute atomic E-state index is 0.00690. The number of esters is 2. The summed E-state index contributed by atoms with van der Waals surface area (Å²) >= 11 is 0. The van der Waals surface area contributed by atoms with Gasteiger partial charge in [-0.2, -0.15) is 13.2 Å². The molecule has 10 heteroatoms. The van der Waals surface area contributed by atoms with Gasteiger partial charge in [0, 0.05) is 11.1 Å². The molecule has 43 heavy (non-hydrogen) atoms. The molecule has 3 rings (SSSR count). The van der Waals surface area contributed by atoms with E-state index in [1.165, 1.54) is 18.2 Å². The fourth-order valence-corrected chi connectivity index (χ4v) is 4.09. The van der Waals surface area contributed by atoms with Crippen molar-refractivity contribution in [2.45, 2.75) is 45.6 Å². The first kappa shape index (κ1) is 32.9. The second-order valence-corrected chi connectivity index (χ2v) is 10.3. The Balaban J connectivity index is 2.09. The lowest BCUT2D eigenvalue weighted by Gasteiger charge is -2.24. The number of carbonyl (C=O) groups excluding carboxylic acids is 2. The van der Waals surface area contributed by atoms with Crippen molar-refractivity contribution in [3.8, 4) is 22.6 Å². The molecule has 0 aliphatic carbocycles. The molecule has 3 aromatic rings. The quantitative estimate of drug-likeness (QED) is 0.120. The first-order valence-corrected chi connectivity index (χ1v) is 13.2. The van der Waals surface area contributed by atoms with Crippen LogP contribution >= 0.6 is 0 Å². The molecule has 0 N–H and O–H groups in total. The summed E-state index contributed by atoms with van der Waals surface area (Å²) in [6.45, 7) is 10.7. The van der Waals surface area contributed by atoms with E-state index in [-0.39, 0.29) is 30.1 Å². The predicted octanol–water partition coefficient (Wildman–Crippen LogP) is 7.88. The van der Waals surface area contributed by atoms with E-state index in [1.807, 2.05) is 0 Å². The van der Waals surface area contributed by atoms with E-state index in [9.17, 15) is 22.8 Å². The molecule has 0 aromatic heterocycles. The molecule has 0 heterocycles. The highest BCUT2D eigenvalue weighted by molar-refractivity contribution is 5.95. The van der Waals surface area contributed by atoms with Crippen LogP contribution in [0, 0.1) is 5.82 Å². The number of hydrogen-bond acceptors (Lipinski definition) is 6. The van der Waals surface area contributed by atoms with Crippen molar-refractivity contribution >= 4 is 11.9 Å². The third kappa shape index (κ3) is 8.70. The summed E-state index contributed by atoms with van der Waals surface area (Å²) in [5, 5.41) is 0. The van der Waals surface area contributed by atoms with Crippen LogP contribution in [0.2, 0.25) is 0 Å². The molecule has 0 amide bonds. The molecule has 228 valence electrons. The van der Waals surface area contributed by atoms with Gasteiger partial charge in [0.2, 0.25) is 0 Å². The standard InChI is InChI=1S/C33H32F4O6/c1-6-17-40-27(38)19-24-23(21-11-9-8-10-12-21)14-16-26(29(24)34)42-20-22-13-15-25(33(35,36)37)30(41-18-7-2)28(22)31(39)43-32(3,4)5/h6-16H,1-2,17-20H2,3-5H3. The van der Waals surface area contributed by atoms with Crippen molar-refractivity contribution in [3.63, 3.8) is 0 Å². The van der Waals surface area contributed by atoms with E-state index < -0.39 is 59.4 Å². The Morgan fingerprint density at radius 1 is 0.884 bits per heavy atom. The molecule has 6 nitrogen and oxygen atoms in total. The van der Waals surface area contributed by atoms with E-state index in [0.717, 1.165) is 12.1 Å². The Morgan fingerprint density at radius 2 is 1.56 bits per heavy atom. The summed E-state index contributed by atoms with van der Waals surface area (Å²) in [6.07, 6.45) is -2.68. The van der Waals surface area contributed by atoms with E-state index in [0.29, 0.717) is 11.1 Å². The first-order valence-electron chi connectivity index (χ1n) is 13.2. The van der Waals surface area contributed by atoms with Gasteiger partial charge in [-0.3, -0.25) is 4.79 Å². The zero-order valence-corrected chi connectivity index (χ0v) is 24.1. The fraction of sp³-hybridized carbons (Fsp3) is 0.273. The van der Waals surface area contributed by atoms with Crippen LogP contribution in [0.4, 0.5) is 17.6 Å². The zero-order valence-electron chi connectivity index (χ0n) is 24.1. The molecule has 0 saturated heterocycles. The normalized spacial score (nSPS) is 11.4. The van der Waals surface area contributed by atoms with Gasteiger partial charge in [-0.05, 0) is 44.0 Å². The summed E-state index contributed by atoms with van der Waals surface area (Å²) in [4.78, 5) is 25.6. The molecule has 3 aromatic carbocycles. The van der Waals surface area contributed by atoms with Gasteiger partial charge in [0.15, 0.2) is 11.6 Å². The Hall–Kier alpha value is -4.60. The maximum absolute atomic E-state index is 15.9. The van der Waals surface area contributed by atoms with E-state index in [1.54, 1.807) is 57.2 Å². The number of carbonyl (C=O) groups is 2. The topological polar surface area (TPSA) is 71.1 Å². The van der Waals surface area contributed by atoms with Gasteiger partial charge in [0.05, 0.1) is 12.0 Å². The Labute approximate surface area is 247 Å². The van der Waals surface area contributed by atoms with Crippen molar-refractivity contribution in [2.24, 2.45) is 0 Å². The summed E-state index contributed by atoms with van der Waals surface area (Å²) in [7, 11) is 0. The SMILES string of the molecule is C=CCOC(=O)Cc1c(-c2ccccc2)ccc(OCc2ccc(C(F)(F)F)c(OCC=C)c2C(=O)OC(C)(C)C)c1F. The number of hydrogen-bond donors (Lipinski definition) is 0. The molecule has 0 aliphatic heterocycles. The Morgan fingerprint density at radius 3 is 2.16 bits per heavy atom. The fourth-order valence-electron chi connectivity index (χ4n) is 4.09. The lowest BCUT2D eigenvalue weighted by molar-refractivity contribution is -0.141. The second kappa shape index (κ2) is 14.0. The molecule has 0 unspecified atom stereocenters.